The molecule has 0 aliphatic heterocycles. The van der Waals surface area contributed by atoms with E-state index < -0.39 is 5.91 Å². The molecule has 98 valence electrons. The summed E-state index contributed by atoms with van der Waals surface area (Å²) < 4.78 is 19.0. The summed E-state index contributed by atoms with van der Waals surface area (Å²) in [7, 11) is 0. The summed E-state index contributed by atoms with van der Waals surface area (Å²) in [6.45, 7) is 0.269. The summed E-state index contributed by atoms with van der Waals surface area (Å²) in [5, 5.41) is 0. The van der Waals surface area contributed by atoms with Gasteiger partial charge in [0.1, 0.15) is 18.2 Å². The van der Waals surface area contributed by atoms with Crippen molar-refractivity contribution in [2.45, 2.75) is 6.61 Å². The Balaban J connectivity index is 2.10. The van der Waals surface area contributed by atoms with Gasteiger partial charge in [0.2, 0.25) is 5.91 Å². The molecule has 0 fully saturated rings. The monoisotopic (exact) mass is 323 g/mol. The SMILES string of the molecule is NC(=O)c1cccc(COc2ccc(F)cc2Br)c1. The van der Waals surface area contributed by atoms with Gasteiger partial charge in [-0.1, -0.05) is 12.1 Å². The Morgan fingerprint density at radius 3 is 2.74 bits per heavy atom. The molecule has 0 aliphatic rings. The van der Waals surface area contributed by atoms with E-state index in [1.54, 1.807) is 18.2 Å². The zero-order chi connectivity index (χ0) is 13.8. The van der Waals surface area contributed by atoms with Crippen molar-refractivity contribution in [3.05, 3.63) is 63.9 Å². The first-order chi connectivity index (χ1) is 9.06. The third-order valence-corrected chi connectivity index (χ3v) is 3.12. The summed E-state index contributed by atoms with van der Waals surface area (Å²) in [6.07, 6.45) is 0. The molecule has 0 heterocycles. The highest BCUT2D eigenvalue weighted by atomic mass is 79.9. The third-order valence-electron chi connectivity index (χ3n) is 2.50. The maximum atomic E-state index is 12.9. The van der Waals surface area contributed by atoms with Crippen LogP contribution in [0, 0.1) is 5.82 Å². The van der Waals surface area contributed by atoms with Gasteiger partial charge in [-0.2, -0.15) is 0 Å². The van der Waals surface area contributed by atoms with Gasteiger partial charge in [0.15, 0.2) is 0 Å². The van der Waals surface area contributed by atoms with Gasteiger partial charge in [-0.3, -0.25) is 4.79 Å². The zero-order valence-electron chi connectivity index (χ0n) is 9.90. The van der Waals surface area contributed by atoms with Gasteiger partial charge in [-0.25, -0.2) is 4.39 Å². The fourth-order valence-electron chi connectivity index (χ4n) is 1.57. The second-order valence-electron chi connectivity index (χ2n) is 3.93. The van der Waals surface area contributed by atoms with Crippen LogP contribution in [0.2, 0.25) is 0 Å². The van der Waals surface area contributed by atoms with E-state index in [1.165, 1.54) is 18.2 Å². The number of carbonyl (C=O) groups is 1. The molecule has 5 heteroatoms. The third kappa shape index (κ3) is 3.54. The number of hydrogen-bond acceptors (Lipinski definition) is 2. The van der Waals surface area contributed by atoms with Crippen LogP contribution in [0.3, 0.4) is 0 Å². The molecule has 0 bridgehead atoms. The van der Waals surface area contributed by atoms with Crippen LogP contribution in [0.1, 0.15) is 15.9 Å². The Morgan fingerprint density at radius 1 is 1.26 bits per heavy atom. The Labute approximate surface area is 118 Å². The van der Waals surface area contributed by atoms with Crippen molar-refractivity contribution in [3.8, 4) is 5.75 Å². The summed E-state index contributed by atoms with van der Waals surface area (Å²) in [4.78, 5) is 11.1. The lowest BCUT2D eigenvalue weighted by Crippen LogP contribution is -2.11. The number of rotatable bonds is 4. The van der Waals surface area contributed by atoms with Crippen LogP contribution in [0.4, 0.5) is 4.39 Å². The Morgan fingerprint density at radius 2 is 2.05 bits per heavy atom. The van der Waals surface area contributed by atoms with Gasteiger partial charge in [-0.05, 0) is 51.8 Å². The maximum absolute atomic E-state index is 12.9. The number of ether oxygens (including phenoxy) is 1. The highest BCUT2D eigenvalue weighted by Gasteiger charge is 2.05. The average Bonchev–Trinajstić information content (AvgIpc) is 2.38. The molecule has 19 heavy (non-hydrogen) atoms. The highest BCUT2D eigenvalue weighted by molar-refractivity contribution is 9.10. The van der Waals surface area contributed by atoms with Gasteiger partial charge in [0.05, 0.1) is 4.47 Å². The molecule has 0 aromatic heterocycles. The van der Waals surface area contributed by atoms with Crippen molar-refractivity contribution < 1.29 is 13.9 Å². The van der Waals surface area contributed by atoms with Crippen molar-refractivity contribution in [1.82, 2.24) is 0 Å². The van der Waals surface area contributed by atoms with E-state index in [2.05, 4.69) is 15.9 Å². The first-order valence-electron chi connectivity index (χ1n) is 5.53. The molecule has 2 aromatic carbocycles. The van der Waals surface area contributed by atoms with E-state index in [-0.39, 0.29) is 12.4 Å². The number of benzene rings is 2. The molecule has 0 atom stereocenters. The summed E-state index contributed by atoms with van der Waals surface area (Å²) in [5.41, 5.74) is 6.44. The first kappa shape index (κ1) is 13.5. The lowest BCUT2D eigenvalue weighted by atomic mass is 10.1. The molecule has 2 aromatic rings. The van der Waals surface area contributed by atoms with Gasteiger partial charge in [0.25, 0.3) is 0 Å². The number of hydrogen-bond donors (Lipinski definition) is 1. The summed E-state index contributed by atoms with van der Waals surface area (Å²) >= 11 is 3.22. The van der Waals surface area contributed by atoms with Crippen molar-refractivity contribution in [2.24, 2.45) is 5.73 Å². The lowest BCUT2D eigenvalue weighted by Gasteiger charge is -2.08. The standard InChI is InChI=1S/C14H11BrFNO2/c15-12-7-11(16)4-5-13(12)19-8-9-2-1-3-10(6-9)14(17)18/h1-7H,8H2,(H2,17,18). The zero-order valence-corrected chi connectivity index (χ0v) is 11.5. The molecular formula is C14H11BrFNO2. The Hall–Kier alpha value is -1.88. The second kappa shape index (κ2) is 5.84. The molecule has 0 radical (unpaired) electrons. The van der Waals surface area contributed by atoms with Crippen molar-refractivity contribution >= 4 is 21.8 Å². The summed E-state index contributed by atoms with van der Waals surface area (Å²) in [5.74, 6) is -0.286. The van der Waals surface area contributed by atoms with E-state index in [4.69, 9.17) is 10.5 Å². The number of amides is 1. The fraction of sp³-hybridized carbons (Fsp3) is 0.0714. The van der Waals surface area contributed by atoms with Crippen molar-refractivity contribution in [3.63, 3.8) is 0 Å². The van der Waals surface area contributed by atoms with E-state index in [0.29, 0.717) is 15.8 Å². The van der Waals surface area contributed by atoms with Crippen LogP contribution < -0.4 is 10.5 Å². The lowest BCUT2D eigenvalue weighted by molar-refractivity contribution is 0.1000. The highest BCUT2D eigenvalue weighted by Crippen LogP contribution is 2.26. The molecule has 0 saturated carbocycles. The number of carbonyl (C=O) groups excluding carboxylic acids is 1. The largest absolute Gasteiger partial charge is 0.488 e. The van der Waals surface area contributed by atoms with Crippen molar-refractivity contribution in [2.75, 3.05) is 0 Å². The fourth-order valence-corrected chi connectivity index (χ4v) is 2.03. The molecule has 1 amide bonds. The smallest absolute Gasteiger partial charge is 0.248 e. The second-order valence-corrected chi connectivity index (χ2v) is 4.78. The predicted molar refractivity (Wildman–Crippen MR) is 73.4 cm³/mol. The Bertz CT molecular complexity index is 616. The molecule has 0 aliphatic carbocycles. The molecule has 2 rings (SSSR count). The van der Waals surface area contributed by atoms with E-state index in [1.807, 2.05) is 6.07 Å². The number of halogens is 2. The molecule has 0 spiro atoms. The predicted octanol–water partition coefficient (Wildman–Crippen LogP) is 3.27. The van der Waals surface area contributed by atoms with Gasteiger partial charge < -0.3 is 10.5 Å². The minimum atomic E-state index is -0.482. The minimum Gasteiger partial charge on any atom is -0.488 e. The summed E-state index contributed by atoms with van der Waals surface area (Å²) in [6, 6.07) is 11.0. The van der Waals surface area contributed by atoms with Gasteiger partial charge in [0, 0.05) is 5.56 Å². The van der Waals surface area contributed by atoms with Gasteiger partial charge in [-0.15, -0.1) is 0 Å². The first-order valence-corrected chi connectivity index (χ1v) is 6.32. The van der Waals surface area contributed by atoms with Crippen LogP contribution in [0.15, 0.2) is 46.9 Å². The van der Waals surface area contributed by atoms with Crippen LogP contribution in [0.5, 0.6) is 5.75 Å². The minimum absolute atomic E-state index is 0.269. The van der Waals surface area contributed by atoms with E-state index in [9.17, 15) is 9.18 Å². The van der Waals surface area contributed by atoms with Crippen LogP contribution in [0.25, 0.3) is 0 Å². The molecule has 3 nitrogen and oxygen atoms in total. The van der Waals surface area contributed by atoms with E-state index >= 15 is 0 Å². The molecular weight excluding hydrogens is 313 g/mol. The maximum Gasteiger partial charge on any atom is 0.248 e. The quantitative estimate of drug-likeness (QED) is 0.938. The van der Waals surface area contributed by atoms with Crippen LogP contribution >= 0.6 is 15.9 Å². The molecule has 2 N–H and O–H groups in total. The van der Waals surface area contributed by atoms with Crippen LogP contribution in [-0.2, 0) is 6.61 Å². The average molecular weight is 324 g/mol. The number of nitrogens with two attached hydrogens (primary N) is 1. The van der Waals surface area contributed by atoms with Crippen LogP contribution in [-0.4, -0.2) is 5.91 Å². The number of primary amides is 1. The normalized spacial score (nSPS) is 10.2. The Kier molecular flexibility index (Phi) is 4.16. The molecule has 0 unspecified atom stereocenters. The van der Waals surface area contributed by atoms with Gasteiger partial charge >= 0.3 is 0 Å². The van der Waals surface area contributed by atoms with E-state index in [0.717, 1.165) is 5.56 Å². The molecule has 0 saturated heterocycles. The van der Waals surface area contributed by atoms with Crippen molar-refractivity contribution in [1.29, 1.82) is 0 Å². The topological polar surface area (TPSA) is 52.3 Å².